The van der Waals surface area contributed by atoms with Gasteiger partial charge in [0.1, 0.15) is 5.75 Å². The van der Waals surface area contributed by atoms with E-state index < -0.39 is 23.6 Å². The summed E-state index contributed by atoms with van der Waals surface area (Å²) < 4.78 is 15.6. The molecule has 0 aliphatic carbocycles. The van der Waals surface area contributed by atoms with Gasteiger partial charge in [-0.25, -0.2) is 9.59 Å². The molecule has 0 heterocycles. The second-order valence-corrected chi connectivity index (χ2v) is 6.69. The van der Waals surface area contributed by atoms with E-state index in [1.165, 1.54) is 18.2 Å². The second-order valence-electron chi connectivity index (χ2n) is 6.69. The van der Waals surface area contributed by atoms with Crippen LogP contribution in [0.5, 0.6) is 5.75 Å². The van der Waals surface area contributed by atoms with Crippen LogP contribution in [0.2, 0.25) is 0 Å². The zero-order chi connectivity index (χ0) is 19.9. The molecule has 0 aromatic heterocycles. The van der Waals surface area contributed by atoms with Gasteiger partial charge in [0.15, 0.2) is 6.10 Å². The maximum Gasteiger partial charge on any atom is 0.338 e. The molecule has 0 aliphatic rings. The van der Waals surface area contributed by atoms with Gasteiger partial charge in [0.25, 0.3) is 5.91 Å². The first kappa shape index (κ1) is 21.5. The summed E-state index contributed by atoms with van der Waals surface area (Å²) in [6.45, 7) is 10.9. The summed E-state index contributed by atoms with van der Waals surface area (Å²) in [5, 5.41) is 2.81. The Labute approximate surface area is 154 Å². The van der Waals surface area contributed by atoms with Gasteiger partial charge in [0.05, 0.1) is 24.3 Å². The fraction of sp³-hybridized carbons (Fsp3) is 0.526. The lowest BCUT2D eigenvalue weighted by molar-refractivity contribution is -0.128. The highest BCUT2D eigenvalue weighted by Crippen LogP contribution is 2.21. The maximum atomic E-state index is 12.2. The van der Waals surface area contributed by atoms with E-state index in [1.807, 2.05) is 20.8 Å². The van der Waals surface area contributed by atoms with Crippen LogP contribution in [0.1, 0.15) is 62.3 Å². The Morgan fingerprint density at radius 1 is 0.962 bits per heavy atom. The minimum absolute atomic E-state index is 0.149. The molecule has 1 rings (SSSR count). The van der Waals surface area contributed by atoms with Crippen LogP contribution in [0.4, 0.5) is 0 Å². The van der Waals surface area contributed by atoms with Crippen LogP contribution in [-0.4, -0.2) is 42.7 Å². The predicted molar refractivity (Wildman–Crippen MR) is 96.3 cm³/mol. The SMILES string of the molecule is CCOC(=O)c1cc(O[C@H](C)C(=O)NC(C)(C)C)cc(C(=O)OCC)c1. The van der Waals surface area contributed by atoms with Gasteiger partial charge in [-0.1, -0.05) is 0 Å². The molecule has 1 N–H and O–H groups in total. The number of rotatable bonds is 7. The molecule has 0 saturated carbocycles. The van der Waals surface area contributed by atoms with Gasteiger partial charge in [-0.15, -0.1) is 0 Å². The number of amides is 1. The van der Waals surface area contributed by atoms with Crippen molar-refractivity contribution < 1.29 is 28.6 Å². The van der Waals surface area contributed by atoms with Crippen LogP contribution >= 0.6 is 0 Å². The van der Waals surface area contributed by atoms with Crippen molar-refractivity contribution in [2.24, 2.45) is 0 Å². The molecule has 7 heteroatoms. The van der Waals surface area contributed by atoms with Gasteiger partial charge >= 0.3 is 11.9 Å². The first-order chi connectivity index (χ1) is 12.1. The van der Waals surface area contributed by atoms with E-state index in [4.69, 9.17) is 14.2 Å². The maximum absolute atomic E-state index is 12.2. The van der Waals surface area contributed by atoms with E-state index in [0.29, 0.717) is 0 Å². The summed E-state index contributed by atoms with van der Waals surface area (Å²) in [6.07, 6.45) is -0.818. The van der Waals surface area contributed by atoms with Crippen LogP contribution in [0, 0.1) is 0 Å². The van der Waals surface area contributed by atoms with Crippen LogP contribution in [0.25, 0.3) is 0 Å². The molecule has 1 atom stereocenters. The summed E-state index contributed by atoms with van der Waals surface area (Å²) in [7, 11) is 0. The number of hydrogen-bond donors (Lipinski definition) is 1. The summed E-state index contributed by atoms with van der Waals surface area (Å²) in [5.74, 6) is -1.28. The molecule has 0 bridgehead atoms. The highest BCUT2D eigenvalue weighted by Gasteiger charge is 2.22. The number of esters is 2. The second kappa shape index (κ2) is 9.22. The topological polar surface area (TPSA) is 90.9 Å². The largest absolute Gasteiger partial charge is 0.481 e. The zero-order valence-corrected chi connectivity index (χ0v) is 16.2. The fourth-order valence-corrected chi connectivity index (χ4v) is 2.06. The number of benzene rings is 1. The Morgan fingerprint density at radius 3 is 1.81 bits per heavy atom. The monoisotopic (exact) mass is 365 g/mol. The van der Waals surface area contributed by atoms with Gasteiger partial charge in [-0.3, -0.25) is 4.79 Å². The van der Waals surface area contributed by atoms with Crippen molar-refractivity contribution >= 4 is 17.8 Å². The third-order valence-electron chi connectivity index (χ3n) is 3.11. The quantitative estimate of drug-likeness (QED) is 0.747. The van der Waals surface area contributed by atoms with Gasteiger partial charge < -0.3 is 19.5 Å². The highest BCUT2D eigenvalue weighted by molar-refractivity contribution is 5.96. The van der Waals surface area contributed by atoms with Crippen molar-refractivity contribution in [1.82, 2.24) is 5.32 Å². The van der Waals surface area contributed by atoms with Crippen molar-refractivity contribution in [2.45, 2.75) is 53.2 Å². The van der Waals surface area contributed by atoms with Crippen LogP contribution in [-0.2, 0) is 14.3 Å². The summed E-state index contributed by atoms with van der Waals surface area (Å²) in [4.78, 5) is 36.2. The normalized spacial score (nSPS) is 12.1. The number of carbonyl (C=O) groups excluding carboxylic acids is 3. The standard InChI is InChI=1S/C19H27NO6/c1-7-24-17(22)13-9-14(18(23)25-8-2)11-15(10-13)26-12(3)16(21)20-19(4,5)6/h9-12H,7-8H2,1-6H3,(H,20,21)/t12-/m1/s1. The molecule has 26 heavy (non-hydrogen) atoms. The Bertz CT molecular complexity index is 626. The molecule has 0 fully saturated rings. The Hall–Kier alpha value is -2.57. The lowest BCUT2D eigenvalue weighted by Crippen LogP contribution is -2.46. The summed E-state index contributed by atoms with van der Waals surface area (Å²) in [5.41, 5.74) is -0.107. The Kier molecular flexibility index (Phi) is 7.61. The van der Waals surface area contributed by atoms with Crippen LogP contribution in [0.15, 0.2) is 18.2 Å². The van der Waals surface area contributed by atoms with E-state index >= 15 is 0 Å². The molecular formula is C19H27NO6. The van der Waals surface area contributed by atoms with Gasteiger partial charge in [-0.05, 0) is 59.7 Å². The van der Waals surface area contributed by atoms with Gasteiger partial charge in [0, 0.05) is 5.54 Å². The molecule has 0 spiro atoms. The zero-order valence-electron chi connectivity index (χ0n) is 16.2. The van der Waals surface area contributed by atoms with Gasteiger partial charge in [0.2, 0.25) is 0 Å². The molecule has 1 aromatic rings. The number of carbonyl (C=O) groups is 3. The van der Waals surface area contributed by atoms with Crippen LogP contribution in [0.3, 0.4) is 0 Å². The molecule has 144 valence electrons. The molecule has 1 aromatic carbocycles. The fourth-order valence-electron chi connectivity index (χ4n) is 2.06. The van der Waals surface area contributed by atoms with Crippen molar-refractivity contribution in [3.8, 4) is 5.75 Å². The van der Waals surface area contributed by atoms with E-state index in [2.05, 4.69) is 5.32 Å². The van der Waals surface area contributed by atoms with E-state index in [1.54, 1.807) is 20.8 Å². The molecule has 0 unspecified atom stereocenters. The van der Waals surface area contributed by atoms with Crippen molar-refractivity contribution in [1.29, 1.82) is 0 Å². The lowest BCUT2D eigenvalue weighted by atomic mass is 10.1. The third kappa shape index (κ3) is 6.74. The van der Waals surface area contributed by atoms with E-state index in [9.17, 15) is 14.4 Å². The van der Waals surface area contributed by atoms with Gasteiger partial charge in [-0.2, -0.15) is 0 Å². The van der Waals surface area contributed by atoms with Crippen molar-refractivity contribution in [2.75, 3.05) is 13.2 Å². The van der Waals surface area contributed by atoms with Crippen LogP contribution < -0.4 is 10.1 Å². The molecule has 0 aliphatic heterocycles. The summed E-state index contributed by atoms with van der Waals surface area (Å²) >= 11 is 0. The Balaban J connectivity index is 3.10. The minimum atomic E-state index is -0.818. The average molecular weight is 365 g/mol. The van der Waals surface area contributed by atoms with Crippen molar-refractivity contribution in [3.05, 3.63) is 29.3 Å². The molecule has 0 saturated heterocycles. The Morgan fingerprint density at radius 2 is 1.42 bits per heavy atom. The number of ether oxygens (including phenoxy) is 3. The van der Waals surface area contributed by atoms with Crippen molar-refractivity contribution in [3.63, 3.8) is 0 Å². The molecule has 0 radical (unpaired) electrons. The minimum Gasteiger partial charge on any atom is -0.481 e. The first-order valence-electron chi connectivity index (χ1n) is 8.55. The average Bonchev–Trinajstić information content (AvgIpc) is 2.53. The van der Waals surface area contributed by atoms with E-state index in [0.717, 1.165) is 0 Å². The highest BCUT2D eigenvalue weighted by atomic mass is 16.5. The molecular weight excluding hydrogens is 338 g/mol. The molecule has 7 nitrogen and oxygen atoms in total. The smallest absolute Gasteiger partial charge is 0.338 e. The van der Waals surface area contributed by atoms with E-state index in [-0.39, 0.29) is 36.0 Å². The third-order valence-corrected chi connectivity index (χ3v) is 3.11. The number of hydrogen-bond acceptors (Lipinski definition) is 6. The lowest BCUT2D eigenvalue weighted by Gasteiger charge is -2.23. The molecule has 1 amide bonds. The first-order valence-corrected chi connectivity index (χ1v) is 8.55. The summed E-state index contributed by atoms with van der Waals surface area (Å²) in [6, 6.07) is 4.24. The number of nitrogens with one attached hydrogen (secondary N) is 1. The predicted octanol–water partition coefficient (Wildman–Crippen LogP) is 2.72.